The summed E-state index contributed by atoms with van der Waals surface area (Å²) in [4.78, 5) is 21.2. The van der Waals surface area contributed by atoms with E-state index < -0.39 is 0 Å². The highest BCUT2D eigenvalue weighted by Gasteiger charge is 2.08. The smallest absolute Gasteiger partial charge is 0.258 e. The van der Waals surface area contributed by atoms with E-state index in [2.05, 4.69) is 20.3 Å². The largest absolute Gasteiger partial charge is 0.269 e. The molecule has 7 nitrogen and oxygen atoms in total. The van der Waals surface area contributed by atoms with E-state index in [0.717, 1.165) is 17.0 Å². The van der Waals surface area contributed by atoms with E-state index in [1.165, 1.54) is 6.07 Å². The van der Waals surface area contributed by atoms with Crippen molar-refractivity contribution in [2.75, 3.05) is 0 Å². The lowest BCUT2D eigenvalue weighted by Gasteiger charge is -2.04. The minimum atomic E-state index is -0.107. The number of pyridine rings is 2. The number of aromatic nitrogens is 6. The number of nitrogens with zero attached hydrogens (tertiary/aromatic N) is 6. The molecule has 0 atom stereocenters. The summed E-state index contributed by atoms with van der Waals surface area (Å²) in [6.45, 7) is 4.25. The Kier molecular flexibility index (Phi) is 3.61. The van der Waals surface area contributed by atoms with E-state index >= 15 is 0 Å². The van der Waals surface area contributed by atoms with Crippen molar-refractivity contribution in [3.63, 3.8) is 0 Å². The molecule has 0 aliphatic heterocycles. The van der Waals surface area contributed by atoms with Gasteiger partial charge in [0.1, 0.15) is 11.3 Å². The first-order chi connectivity index (χ1) is 12.1. The Morgan fingerprint density at radius 3 is 2.72 bits per heavy atom. The molecule has 25 heavy (non-hydrogen) atoms. The fourth-order valence-electron chi connectivity index (χ4n) is 2.68. The van der Waals surface area contributed by atoms with Gasteiger partial charge in [0.15, 0.2) is 0 Å². The van der Waals surface area contributed by atoms with Gasteiger partial charge < -0.3 is 0 Å². The summed E-state index contributed by atoms with van der Waals surface area (Å²) in [5.41, 5.74) is 4.55. The molecule has 0 fully saturated rings. The van der Waals surface area contributed by atoms with E-state index in [-0.39, 0.29) is 5.56 Å². The molecule has 4 rings (SSSR count). The minimum absolute atomic E-state index is 0.107. The average molecular weight is 332 g/mol. The van der Waals surface area contributed by atoms with Gasteiger partial charge in [0.2, 0.25) is 0 Å². The second kappa shape index (κ2) is 5.94. The standard InChI is InChI=1S/C18H16N6O/c1-12-6-7-17-20-14(8-18(25)24(17)9-12)10-23-11-16(21-22-23)15-5-3-4-13(2)19-15/h3-9,11H,10H2,1-2H3. The van der Waals surface area contributed by atoms with Gasteiger partial charge >= 0.3 is 0 Å². The van der Waals surface area contributed by atoms with Crippen molar-refractivity contribution in [2.45, 2.75) is 20.4 Å². The SMILES string of the molecule is Cc1ccc2nc(Cn3cc(-c4cccc(C)n4)nn3)cc(=O)n2c1. The second-order valence-corrected chi connectivity index (χ2v) is 5.99. The topological polar surface area (TPSA) is 78.0 Å². The van der Waals surface area contributed by atoms with Crippen molar-refractivity contribution >= 4 is 5.65 Å². The molecule has 124 valence electrons. The molecule has 0 unspecified atom stereocenters. The molecule has 0 aromatic carbocycles. The Hall–Kier alpha value is -3.35. The maximum Gasteiger partial charge on any atom is 0.258 e. The summed E-state index contributed by atoms with van der Waals surface area (Å²) < 4.78 is 3.20. The van der Waals surface area contributed by atoms with Crippen LogP contribution in [0.4, 0.5) is 0 Å². The summed E-state index contributed by atoms with van der Waals surface area (Å²) in [6, 6.07) is 11.1. The zero-order chi connectivity index (χ0) is 17.4. The van der Waals surface area contributed by atoms with Gasteiger partial charge in [0, 0.05) is 18.0 Å². The summed E-state index contributed by atoms with van der Waals surface area (Å²) in [5, 5.41) is 8.28. The number of fused-ring (bicyclic) bond motifs is 1. The van der Waals surface area contributed by atoms with Crippen LogP contribution in [0.25, 0.3) is 17.0 Å². The Morgan fingerprint density at radius 2 is 1.88 bits per heavy atom. The Balaban J connectivity index is 1.66. The van der Waals surface area contributed by atoms with Crippen LogP contribution in [0.1, 0.15) is 17.0 Å². The third kappa shape index (κ3) is 3.03. The quantitative estimate of drug-likeness (QED) is 0.573. The van der Waals surface area contributed by atoms with Crippen LogP contribution in [0.5, 0.6) is 0 Å². The maximum atomic E-state index is 12.3. The molecule has 4 heterocycles. The van der Waals surface area contributed by atoms with Crippen molar-refractivity contribution < 1.29 is 0 Å². The molecular weight excluding hydrogens is 316 g/mol. The van der Waals surface area contributed by atoms with Gasteiger partial charge in [-0.25, -0.2) is 9.67 Å². The molecule has 0 aliphatic carbocycles. The zero-order valence-corrected chi connectivity index (χ0v) is 13.9. The molecule has 4 aromatic rings. The Morgan fingerprint density at radius 1 is 1.00 bits per heavy atom. The lowest BCUT2D eigenvalue weighted by Crippen LogP contribution is -2.17. The van der Waals surface area contributed by atoms with Crippen LogP contribution in [-0.4, -0.2) is 29.4 Å². The Labute approximate surface area is 143 Å². The maximum absolute atomic E-state index is 12.3. The lowest BCUT2D eigenvalue weighted by molar-refractivity contribution is 0.637. The number of rotatable bonds is 3. The van der Waals surface area contributed by atoms with E-state index in [0.29, 0.717) is 23.6 Å². The van der Waals surface area contributed by atoms with Crippen molar-refractivity contribution in [1.29, 1.82) is 0 Å². The van der Waals surface area contributed by atoms with Gasteiger partial charge in [-0.05, 0) is 37.6 Å². The number of hydrogen-bond acceptors (Lipinski definition) is 5. The highest BCUT2D eigenvalue weighted by atomic mass is 16.1. The fourth-order valence-corrected chi connectivity index (χ4v) is 2.68. The summed E-state index contributed by atoms with van der Waals surface area (Å²) in [7, 11) is 0. The second-order valence-electron chi connectivity index (χ2n) is 5.99. The lowest BCUT2D eigenvalue weighted by atomic mass is 10.2. The molecule has 0 N–H and O–H groups in total. The summed E-state index contributed by atoms with van der Waals surface area (Å²) in [5.74, 6) is 0. The summed E-state index contributed by atoms with van der Waals surface area (Å²) >= 11 is 0. The molecule has 0 saturated carbocycles. The van der Waals surface area contributed by atoms with Crippen LogP contribution in [0.2, 0.25) is 0 Å². The summed E-state index contributed by atoms with van der Waals surface area (Å²) in [6.07, 6.45) is 3.59. The van der Waals surface area contributed by atoms with E-state index in [9.17, 15) is 4.79 Å². The predicted molar refractivity (Wildman–Crippen MR) is 93.3 cm³/mol. The van der Waals surface area contributed by atoms with Gasteiger partial charge in [0.05, 0.1) is 24.1 Å². The molecule has 0 amide bonds. The van der Waals surface area contributed by atoms with Crippen molar-refractivity contribution in [2.24, 2.45) is 0 Å². The highest BCUT2D eigenvalue weighted by Crippen LogP contribution is 2.13. The zero-order valence-electron chi connectivity index (χ0n) is 13.9. The van der Waals surface area contributed by atoms with Gasteiger partial charge in [-0.1, -0.05) is 17.3 Å². The molecule has 0 saturated heterocycles. The number of aryl methyl sites for hydroxylation is 2. The van der Waals surface area contributed by atoms with E-state index in [4.69, 9.17) is 0 Å². The van der Waals surface area contributed by atoms with E-state index in [1.54, 1.807) is 21.5 Å². The highest BCUT2D eigenvalue weighted by molar-refractivity contribution is 5.52. The molecule has 7 heteroatoms. The first kappa shape index (κ1) is 15.2. The van der Waals surface area contributed by atoms with Gasteiger partial charge in [-0.3, -0.25) is 14.2 Å². The normalized spacial score (nSPS) is 11.1. The fraction of sp³-hybridized carbons (Fsp3) is 0.167. The van der Waals surface area contributed by atoms with Gasteiger partial charge in [-0.2, -0.15) is 0 Å². The van der Waals surface area contributed by atoms with Crippen molar-refractivity contribution in [3.05, 3.63) is 76.1 Å². The minimum Gasteiger partial charge on any atom is -0.269 e. The third-order valence-corrected chi connectivity index (χ3v) is 3.87. The van der Waals surface area contributed by atoms with Crippen molar-refractivity contribution in [1.82, 2.24) is 29.4 Å². The van der Waals surface area contributed by atoms with Gasteiger partial charge in [-0.15, -0.1) is 5.10 Å². The Bertz CT molecular complexity index is 1130. The first-order valence-electron chi connectivity index (χ1n) is 7.91. The molecular formula is C18H16N6O. The van der Waals surface area contributed by atoms with Crippen LogP contribution in [0, 0.1) is 13.8 Å². The molecule has 0 radical (unpaired) electrons. The van der Waals surface area contributed by atoms with Crippen LogP contribution in [0.3, 0.4) is 0 Å². The van der Waals surface area contributed by atoms with Gasteiger partial charge in [0.25, 0.3) is 5.56 Å². The number of hydrogen-bond donors (Lipinski definition) is 0. The predicted octanol–water partition coefficient (Wildman–Crippen LogP) is 2.01. The van der Waals surface area contributed by atoms with Crippen molar-refractivity contribution in [3.8, 4) is 11.4 Å². The first-order valence-corrected chi connectivity index (χ1v) is 7.91. The third-order valence-electron chi connectivity index (χ3n) is 3.87. The van der Waals surface area contributed by atoms with E-state index in [1.807, 2.05) is 44.2 Å². The molecule has 0 aliphatic rings. The molecule has 0 spiro atoms. The molecule has 4 aromatic heterocycles. The monoisotopic (exact) mass is 332 g/mol. The average Bonchev–Trinajstić information content (AvgIpc) is 3.04. The van der Waals surface area contributed by atoms with Crippen LogP contribution in [0.15, 0.2) is 53.6 Å². The van der Waals surface area contributed by atoms with Crippen LogP contribution >= 0.6 is 0 Å². The molecule has 0 bridgehead atoms. The van der Waals surface area contributed by atoms with Crippen LogP contribution < -0.4 is 5.56 Å². The van der Waals surface area contributed by atoms with Crippen LogP contribution in [-0.2, 0) is 6.54 Å².